The lowest BCUT2D eigenvalue weighted by molar-refractivity contribution is 0.246. The third-order valence-electron chi connectivity index (χ3n) is 4.27. The molecule has 0 radical (unpaired) electrons. The summed E-state index contributed by atoms with van der Waals surface area (Å²) in [5, 5.41) is 6.30. The summed E-state index contributed by atoms with van der Waals surface area (Å²) in [4.78, 5) is 20.0. The zero-order valence-electron chi connectivity index (χ0n) is 16.2. The van der Waals surface area contributed by atoms with Gasteiger partial charge in [0.05, 0.1) is 19.9 Å². The molecule has 0 unspecified atom stereocenters. The van der Waals surface area contributed by atoms with Crippen LogP contribution in [0.15, 0.2) is 18.2 Å². The van der Waals surface area contributed by atoms with E-state index in [0.29, 0.717) is 5.13 Å². The number of aromatic nitrogens is 1. The van der Waals surface area contributed by atoms with Crippen LogP contribution in [-0.2, 0) is 19.5 Å². The van der Waals surface area contributed by atoms with Crippen LogP contribution in [-0.4, -0.2) is 42.7 Å². The van der Waals surface area contributed by atoms with Gasteiger partial charge in [0, 0.05) is 43.0 Å². The SMILES string of the molecule is COc1cc(CN2CCc3nc(NC(=O)NC(C)C)sc3C2)cc(OC)c1. The first-order valence-corrected chi connectivity index (χ1v) is 9.79. The summed E-state index contributed by atoms with van der Waals surface area (Å²) in [6.07, 6.45) is 0.875. The summed E-state index contributed by atoms with van der Waals surface area (Å²) in [5.74, 6) is 1.59. The fourth-order valence-corrected chi connectivity index (χ4v) is 4.09. The number of hydrogen-bond acceptors (Lipinski definition) is 6. The van der Waals surface area contributed by atoms with E-state index >= 15 is 0 Å². The van der Waals surface area contributed by atoms with Gasteiger partial charge in [-0.3, -0.25) is 10.2 Å². The maximum Gasteiger partial charge on any atom is 0.321 e. The maximum absolute atomic E-state index is 11.9. The standard InChI is InChI=1S/C19H26N4O3S/c1-12(2)20-18(24)22-19-21-16-5-6-23(11-17(16)27-19)10-13-7-14(25-3)9-15(8-13)26-4/h7-9,12H,5-6,10-11H2,1-4H3,(H2,20,21,22,24). The van der Waals surface area contributed by atoms with Crippen molar-refractivity contribution in [3.05, 3.63) is 34.3 Å². The fourth-order valence-electron chi connectivity index (χ4n) is 3.05. The molecule has 1 aromatic carbocycles. The fraction of sp³-hybridized carbons (Fsp3) is 0.474. The molecular formula is C19H26N4O3S. The number of nitrogens with one attached hydrogen (secondary N) is 2. The molecule has 0 saturated carbocycles. The highest BCUT2D eigenvalue weighted by atomic mass is 32.1. The van der Waals surface area contributed by atoms with Crippen molar-refractivity contribution in [2.24, 2.45) is 0 Å². The smallest absolute Gasteiger partial charge is 0.321 e. The van der Waals surface area contributed by atoms with Gasteiger partial charge in [0.15, 0.2) is 5.13 Å². The molecular weight excluding hydrogens is 364 g/mol. The van der Waals surface area contributed by atoms with Gasteiger partial charge in [-0.2, -0.15) is 0 Å². The number of methoxy groups -OCH3 is 2. The lowest BCUT2D eigenvalue weighted by Gasteiger charge is -2.26. The van der Waals surface area contributed by atoms with Crippen LogP contribution in [0.3, 0.4) is 0 Å². The van der Waals surface area contributed by atoms with Crippen molar-refractivity contribution in [3.63, 3.8) is 0 Å². The molecule has 146 valence electrons. The monoisotopic (exact) mass is 390 g/mol. The van der Waals surface area contributed by atoms with E-state index < -0.39 is 0 Å². The van der Waals surface area contributed by atoms with Crippen LogP contribution in [0.2, 0.25) is 0 Å². The first kappa shape index (κ1) is 19.4. The van der Waals surface area contributed by atoms with Crippen LogP contribution in [0.25, 0.3) is 0 Å². The second-order valence-electron chi connectivity index (χ2n) is 6.82. The minimum Gasteiger partial charge on any atom is -0.497 e. The summed E-state index contributed by atoms with van der Waals surface area (Å²) in [5.41, 5.74) is 2.23. The molecule has 0 saturated heterocycles. The minimum absolute atomic E-state index is 0.0925. The second kappa shape index (κ2) is 8.58. The molecule has 8 heteroatoms. The Morgan fingerprint density at radius 2 is 1.96 bits per heavy atom. The highest BCUT2D eigenvalue weighted by Crippen LogP contribution is 2.30. The summed E-state index contributed by atoms with van der Waals surface area (Å²) in [6, 6.07) is 5.83. The first-order valence-electron chi connectivity index (χ1n) is 8.97. The Labute approximate surface area is 163 Å². The highest BCUT2D eigenvalue weighted by molar-refractivity contribution is 7.15. The molecule has 0 spiro atoms. The minimum atomic E-state index is -0.212. The van der Waals surface area contributed by atoms with Gasteiger partial charge in [0.25, 0.3) is 0 Å². The number of nitrogens with zero attached hydrogens (tertiary/aromatic N) is 2. The van der Waals surface area contributed by atoms with E-state index in [0.717, 1.165) is 48.8 Å². The summed E-state index contributed by atoms with van der Waals surface area (Å²) in [7, 11) is 3.32. The van der Waals surface area contributed by atoms with E-state index in [9.17, 15) is 4.79 Å². The van der Waals surface area contributed by atoms with Gasteiger partial charge in [0.1, 0.15) is 11.5 Å². The summed E-state index contributed by atoms with van der Waals surface area (Å²) in [6.45, 7) is 6.41. The van der Waals surface area contributed by atoms with Crippen LogP contribution in [0.5, 0.6) is 11.5 Å². The zero-order chi connectivity index (χ0) is 19.4. The molecule has 0 fully saturated rings. The lowest BCUT2D eigenvalue weighted by Crippen LogP contribution is -2.34. The Kier molecular flexibility index (Phi) is 6.18. The molecule has 2 aromatic rings. The highest BCUT2D eigenvalue weighted by Gasteiger charge is 2.22. The molecule has 1 aliphatic rings. The molecule has 27 heavy (non-hydrogen) atoms. The number of hydrogen-bond donors (Lipinski definition) is 2. The third-order valence-corrected chi connectivity index (χ3v) is 5.27. The van der Waals surface area contributed by atoms with E-state index in [1.165, 1.54) is 4.88 Å². The molecule has 1 aliphatic heterocycles. The van der Waals surface area contributed by atoms with Gasteiger partial charge in [-0.1, -0.05) is 0 Å². The predicted molar refractivity (Wildman–Crippen MR) is 107 cm³/mol. The topological polar surface area (TPSA) is 75.7 Å². The van der Waals surface area contributed by atoms with E-state index in [2.05, 4.69) is 20.5 Å². The van der Waals surface area contributed by atoms with Gasteiger partial charge in [-0.15, -0.1) is 11.3 Å². The summed E-state index contributed by atoms with van der Waals surface area (Å²) < 4.78 is 10.7. The Bertz CT molecular complexity index is 784. The Morgan fingerprint density at radius 3 is 2.59 bits per heavy atom. The number of carbonyl (C=O) groups excluding carboxylic acids is 1. The molecule has 3 rings (SSSR count). The van der Waals surface area contributed by atoms with Gasteiger partial charge >= 0.3 is 6.03 Å². The normalized spacial score (nSPS) is 14.0. The molecule has 2 amide bonds. The van der Waals surface area contributed by atoms with Crippen molar-refractivity contribution in [1.82, 2.24) is 15.2 Å². The van der Waals surface area contributed by atoms with Crippen molar-refractivity contribution in [1.29, 1.82) is 0 Å². The van der Waals surface area contributed by atoms with Crippen LogP contribution in [0.1, 0.15) is 30.0 Å². The molecule has 0 bridgehead atoms. The number of ether oxygens (including phenoxy) is 2. The number of carbonyl (C=O) groups is 1. The Balaban J connectivity index is 1.65. The maximum atomic E-state index is 11.9. The average Bonchev–Trinajstić information content (AvgIpc) is 3.01. The van der Waals surface area contributed by atoms with Gasteiger partial charge in [0.2, 0.25) is 0 Å². The Morgan fingerprint density at radius 1 is 1.26 bits per heavy atom. The predicted octanol–water partition coefficient (Wildman–Crippen LogP) is 3.25. The van der Waals surface area contributed by atoms with Crippen LogP contribution in [0, 0.1) is 0 Å². The molecule has 2 N–H and O–H groups in total. The number of anilines is 1. The van der Waals surface area contributed by atoms with Gasteiger partial charge in [-0.25, -0.2) is 9.78 Å². The number of thiazole rings is 1. The Hall–Kier alpha value is -2.32. The van der Waals surface area contributed by atoms with Gasteiger partial charge < -0.3 is 14.8 Å². The first-order chi connectivity index (χ1) is 13.0. The van der Waals surface area contributed by atoms with E-state index in [1.54, 1.807) is 25.6 Å². The number of amides is 2. The largest absolute Gasteiger partial charge is 0.497 e. The second-order valence-corrected chi connectivity index (χ2v) is 7.91. The number of rotatable bonds is 6. The third kappa shape index (κ3) is 5.11. The molecule has 7 nitrogen and oxygen atoms in total. The van der Waals surface area contributed by atoms with E-state index in [-0.39, 0.29) is 12.1 Å². The molecule has 2 heterocycles. The van der Waals surface area contributed by atoms with Crippen molar-refractivity contribution in [3.8, 4) is 11.5 Å². The summed E-state index contributed by atoms with van der Waals surface area (Å²) >= 11 is 1.55. The van der Waals surface area contributed by atoms with Gasteiger partial charge in [-0.05, 0) is 31.5 Å². The zero-order valence-corrected chi connectivity index (χ0v) is 17.0. The number of fused-ring (bicyclic) bond motifs is 1. The number of urea groups is 1. The van der Waals surface area contributed by atoms with Crippen LogP contribution >= 0.6 is 11.3 Å². The van der Waals surface area contributed by atoms with Crippen LogP contribution < -0.4 is 20.1 Å². The molecule has 0 aliphatic carbocycles. The van der Waals surface area contributed by atoms with Crippen molar-refractivity contribution in [2.75, 3.05) is 26.1 Å². The van der Waals surface area contributed by atoms with E-state index in [1.807, 2.05) is 32.0 Å². The van der Waals surface area contributed by atoms with Crippen LogP contribution in [0.4, 0.5) is 9.93 Å². The number of benzene rings is 1. The van der Waals surface area contributed by atoms with E-state index in [4.69, 9.17) is 9.47 Å². The van der Waals surface area contributed by atoms with Crippen molar-refractivity contribution >= 4 is 22.5 Å². The quantitative estimate of drug-likeness (QED) is 0.792. The average molecular weight is 391 g/mol. The van der Waals surface area contributed by atoms with Crippen molar-refractivity contribution in [2.45, 2.75) is 39.4 Å². The van der Waals surface area contributed by atoms with Crippen molar-refractivity contribution < 1.29 is 14.3 Å². The molecule has 0 atom stereocenters. The lowest BCUT2D eigenvalue weighted by atomic mass is 10.1. The molecule has 1 aromatic heterocycles.